The van der Waals surface area contributed by atoms with Crippen LogP contribution in [0.5, 0.6) is 0 Å². The molecule has 0 bridgehead atoms. The highest BCUT2D eigenvalue weighted by Crippen LogP contribution is 2.39. The van der Waals surface area contributed by atoms with E-state index in [1.165, 1.54) is 0 Å². The number of carbonyl (C=O) groups is 2. The quantitative estimate of drug-likeness (QED) is 0.761. The third kappa shape index (κ3) is 3.87. The van der Waals surface area contributed by atoms with E-state index >= 15 is 0 Å². The van der Waals surface area contributed by atoms with Crippen LogP contribution in [-0.2, 0) is 4.79 Å². The van der Waals surface area contributed by atoms with Gasteiger partial charge in [0, 0.05) is 22.5 Å². The Balaban J connectivity index is 1.66. The number of nitrogens with one attached hydrogen (secondary N) is 2. The smallest absolute Gasteiger partial charge is 0.253 e. The Morgan fingerprint density at radius 3 is 2.88 bits per heavy atom. The number of fused-ring (bicyclic) bond motifs is 1. The molecule has 6 heteroatoms. The van der Waals surface area contributed by atoms with Gasteiger partial charge in [-0.1, -0.05) is 41.4 Å². The fourth-order valence-corrected chi connectivity index (χ4v) is 5.00. The average molecular weight is 428 g/mol. The van der Waals surface area contributed by atoms with E-state index in [2.05, 4.69) is 40.4 Å². The van der Waals surface area contributed by atoms with Crippen LogP contribution in [0.4, 0.5) is 0 Å². The Hall–Kier alpha value is -1.07. The summed E-state index contributed by atoms with van der Waals surface area (Å²) in [6.07, 6.45) is 3.64. The summed E-state index contributed by atoms with van der Waals surface area (Å²) in [5, 5.41) is 6.73. The second kappa shape index (κ2) is 7.67. The largest absolute Gasteiger partial charge is 0.353 e. The third-order valence-electron chi connectivity index (χ3n) is 5.83. The first-order valence-corrected chi connectivity index (χ1v) is 10.1. The summed E-state index contributed by atoms with van der Waals surface area (Å²) in [7, 11) is 0. The SMILES string of the molecule is CCC1C(=O)NC2CC(NC(=O)c3cc(Br)ccc3Cl)CCC2C1C. The van der Waals surface area contributed by atoms with Gasteiger partial charge in [0.05, 0.1) is 10.6 Å². The van der Waals surface area contributed by atoms with E-state index in [4.69, 9.17) is 11.6 Å². The zero-order valence-electron chi connectivity index (χ0n) is 14.5. The first kappa shape index (κ1) is 18.7. The van der Waals surface area contributed by atoms with Crippen molar-refractivity contribution in [2.75, 3.05) is 0 Å². The number of carbonyl (C=O) groups excluding carboxylic acids is 2. The lowest BCUT2D eigenvalue weighted by Gasteiger charge is -2.46. The van der Waals surface area contributed by atoms with Crippen LogP contribution < -0.4 is 10.6 Å². The predicted molar refractivity (Wildman–Crippen MR) is 103 cm³/mol. The molecule has 3 rings (SSSR count). The van der Waals surface area contributed by atoms with Crippen LogP contribution in [0.15, 0.2) is 22.7 Å². The molecule has 0 spiro atoms. The van der Waals surface area contributed by atoms with E-state index < -0.39 is 0 Å². The maximum atomic E-state index is 12.6. The molecule has 1 aromatic carbocycles. The summed E-state index contributed by atoms with van der Waals surface area (Å²) in [6, 6.07) is 5.48. The maximum Gasteiger partial charge on any atom is 0.253 e. The molecular weight excluding hydrogens is 404 g/mol. The summed E-state index contributed by atoms with van der Waals surface area (Å²) in [4.78, 5) is 24.9. The molecule has 1 aliphatic carbocycles. The molecule has 1 heterocycles. The number of benzene rings is 1. The highest BCUT2D eigenvalue weighted by atomic mass is 79.9. The average Bonchev–Trinajstić information content (AvgIpc) is 2.57. The fraction of sp³-hybridized carbons (Fsp3) is 0.579. The number of amides is 2. The van der Waals surface area contributed by atoms with Crippen molar-refractivity contribution in [1.82, 2.24) is 10.6 Å². The van der Waals surface area contributed by atoms with Crippen LogP contribution in [0.2, 0.25) is 5.02 Å². The molecule has 1 saturated carbocycles. The first-order valence-electron chi connectivity index (χ1n) is 8.97. The molecule has 1 saturated heterocycles. The minimum Gasteiger partial charge on any atom is -0.353 e. The number of halogens is 2. The van der Waals surface area contributed by atoms with E-state index in [0.717, 1.165) is 30.2 Å². The van der Waals surface area contributed by atoms with E-state index in [1.807, 2.05) is 6.07 Å². The van der Waals surface area contributed by atoms with Gasteiger partial charge in [-0.25, -0.2) is 0 Å². The Kier molecular flexibility index (Phi) is 5.74. The van der Waals surface area contributed by atoms with Gasteiger partial charge in [0.1, 0.15) is 0 Å². The summed E-state index contributed by atoms with van der Waals surface area (Å²) in [6.45, 7) is 4.28. The molecule has 2 amide bonds. The van der Waals surface area contributed by atoms with E-state index in [1.54, 1.807) is 12.1 Å². The monoisotopic (exact) mass is 426 g/mol. The lowest BCUT2D eigenvalue weighted by atomic mass is 9.67. The number of hydrogen-bond acceptors (Lipinski definition) is 2. The van der Waals surface area contributed by atoms with Gasteiger partial charge >= 0.3 is 0 Å². The van der Waals surface area contributed by atoms with Gasteiger partial charge in [-0.15, -0.1) is 0 Å². The molecule has 4 nitrogen and oxygen atoms in total. The number of rotatable bonds is 3. The molecule has 2 aliphatic rings. The minimum absolute atomic E-state index is 0.0643. The van der Waals surface area contributed by atoms with Crippen molar-refractivity contribution >= 4 is 39.3 Å². The first-order chi connectivity index (χ1) is 11.9. The zero-order valence-corrected chi connectivity index (χ0v) is 16.9. The van der Waals surface area contributed by atoms with Crippen molar-refractivity contribution in [3.05, 3.63) is 33.3 Å². The van der Waals surface area contributed by atoms with E-state index in [9.17, 15) is 9.59 Å². The van der Waals surface area contributed by atoms with Crippen molar-refractivity contribution in [3.63, 3.8) is 0 Å². The number of hydrogen-bond donors (Lipinski definition) is 2. The molecule has 2 N–H and O–H groups in total. The summed E-state index contributed by atoms with van der Waals surface area (Å²) < 4.78 is 0.824. The van der Waals surface area contributed by atoms with Crippen LogP contribution in [0.25, 0.3) is 0 Å². The van der Waals surface area contributed by atoms with Crippen LogP contribution >= 0.6 is 27.5 Å². The van der Waals surface area contributed by atoms with Gasteiger partial charge in [0.25, 0.3) is 5.91 Å². The van der Waals surface area contributed by atoms with Gasteiger partial charge < -0.3 is 10.6 Å². The van der Waals surface area contributed by atoms with Gasteiger partial charge in [0.15, 0.2) is 0 Å². The summed E-state index contributed by atoms with van der Waals surface area (Å²) >= 11 is 9.53. The lowest BCUT2D eigenvalue weighted by Crippen LogP contribution is -2.58. The Morgan fingerprint density at radius 2 is 2.16 bits per heavy atom. The highest BCUT2D eigenvalue weighted by Gasteiger charge is 2.43. The molecule has 136 valence electrons. The Morgan fingerprint density at radius 1 is 1.40 bits per heavy atom. The van der Waals surface area contributed by atoms with Crippen molar-refractivity contribution in [1.29, 1.82) is 0 Å². The molecule has 0 aromatic heterocycles. The molecule has 1 aliphatic heterocycles. The Labute approximate surface area is 162 Å². The zero-order chi connectivity index (χ0) is 18.1. The van der Waals surface area contributed by atoms with Crippen LogP contribution in [0, 0.1) is 17.8 Å². The van der Waals surface area contributed by atoms with Gasteiger partial charge in [0.2, 0.25) is 5.91 Å². The van der Waals surface area contributed by atoms with E-state index in [-0.39, 0.29) is 29.8 Å². The van der Waals surface area contributed by atoms with E-state index in [0.29, 0.717) is 22.4 Å². The molecule has 5 atom stereocenters. The van der Waals surface area contributed by atoms with Gasteiger partial charge in [-0.3, -0.25) is 9.59 Å². The highest BCUT2D eigenvalue weighted by molar-refractivity contribution is 9.10. The van der Waals surface area contributed by atoms with Gasteiger partial charge in [-0.2, -0.15) is 0 Å². The molecule has 25 heavy (non-hydrogen) atoms. The second-order valence-electron chi connectivity index (χ2n) is 7.26. The topological polar surface area (TPSA) is 58.2 Å². The normalized spacial score (nSPS) is 31.8. The van der Waals surface area contributed by atoms with Crippen LogP contribution in [0.3, 0.4) is 0 Å². The predicted octanol–water partition coefficient (Wildman–Crippen LogP) is 4.16. The molecule has 5 unspecified atom stereocenters. The molecule has 2 fully saturated rings. The van der Waals surface area contributed by atoms with Crippen LogP contribution in [0.1, 0.15) is 49.9 Å². The lowest BCUT2D eigenvalue weighted by molar-refractivity contribution is -0.133. The minimum atomic E-state index is -0.156. The van der Waals surface area contributed by atoms with Crippen LogP contribution in [-0.4, -0.2) is 23.9 Å². The van der Waals surface area contributed by atoms with Crippen molar-refractivity contribution in [2.24, 2.45) is 17.8 Å². The van der Waals surface area contributed by atoms with Crippen molar-refractivity contribution in [3.8, 4) is 0 Å². The fourth-order valence-electron chi connectivity index (χ4n) is 4.44. The molecule has 0 radical (unpaired) electrons. The third-order valence-corrected chi connectivity index (χ3v) is 6.65. The summed E-state index contributed by atoms with van der Waals surface area (Å²) in [5.41, 5.74) is 0.477. The molecular formula is C19H24BrClN2O2. The van der Waals surface area contributed by atoms with Gasteiger partial charge in [-0.05, 0) is 55.7 Å². The summed E-state index contributed by atoms with van der Waals surface area (Å²) in [5.74, 6) is 1.03. The second-order valence-corrected chi connectivity index (χ2v) is 8.58. The van der Waals surface area contributed by atoms with Crippen molar-refractivity contribution < 1.29 is 9.59 Å². The number of piperidine rings is 1. The Bertz CT molecular complexity index is 681. The molecule has 1 aromatic rings. The van der Waals surface area contributed by atoms with Crippen molar-refractivity contribution in [2.45, 2.75) is 51.6 Å². The maximum absolute atomic E-state index is 12.6. The standard InChI is InChI=1S/C19H24BrClN2O2/c1-3-13-10(2)14-6-5-12(9-17(14)23-18(13)24)22-19(25)15-8-11(20)4-7-16(15)21/h4,7-8,10,12-14,17H,3,5-6,9H2,1-2H3,(H,22,25)(H,23,24).